The van der Waals surface area contributed by atoms with Gasteiger partial charge in [-0.1, -0.05) is 20.8 Å². The second-order valence-electron chi connectivity index (χ2n) is 7.51. The molecule has 1 saturated heterocycles. The minimum atomic E-state index is 0.420. The lowest BCUT2D eigenvalue weighted by molar-refractivity contribution is 0.120. The van der Waals surface area contributed by atoms with Gasteiger partial charge in [0.05, 0.1) is 5.69 Å². The van der Waals surface area contributed by atoms with Crippen LogP contribution in [0, 0.1) is 18.8 Å². The molecule has 0 spiro atoms. The second kappa shape index (κ2) is 7.09. The smallest absolute Gasteiger partial charge is 0.157 e. The normalized spacial score (nSPS) is 17.8. The molecular formula is C19H30N4O. The third-order valence-electron chi connectivity index (χ3n) is 5.24. The van der Waals surface area contributed by atoms with Crippen molar-refractivity contribution in [2.24, 2.45) is 11.8 Å². The lowest BCUT2D eigenvalue weighted by Gasteiger charge is -2.36. The maximum absolute atomic E-state index is 5.33. The Morgan fingerprint density at radius 1 is 1.21 bits per heavy atom. The standard InChI is InChI=1S/C19H30N4O/c1-13(2)17-11-19(23-18(20-17)10-15(4)21-23)22-8-6-16(7-9-22)14(3)12-24-5/h10-11,13-14,16H,6-9,12H2,1-5H3/t14-/m1/s1. The Balaban J connectivity index is 1.84. The number of methoxy groups -OCH3 is 1. The first-order chi connectivity index (χ1) is 11.5. The highest BCUT2D eigenvalue weighted by Gasteiger charge is 2.26. The number of ether oxygens (including phenoxy) is 1. The number of rotatable bonds is 5. The summed E-state index contributed by atoms with van der Waals surface area (Å²) in [6.07, 6.45) is 2.43. The summed E-state index contributed by atoms with van der Waals surface area (Å²) in [5.74, 6) is 2.99. The van der Waals surface area contributed by atoms with Crippen molar-refractivity contribution in [3.05, 3.63) is 23.5 Å². The highest BCUT2D eigenvalue weighted by atomic mass is 16.5. The highest BCUT2D eigenvalue weighted by Crippen LogP contribution is 2.30. The van der Waals surface area contributed by atoms with E-state index in [1.165, 1.54) is 18.7 Å². The van der Waals surface area contributed by atoms with Crippen LogP contribution in [-0.2, 0) is 4.74 Å². The Morgan fingerprint density at radius 3 is 2.54 bits per heavy atom. The van der Waals surface area contributed by atoms with E-state index < -0.39 is 0 Å². The molecular weight excluding hydrogens is 300 g/mol. The molecule has 0 saturated carbocycles. The first-order valence-electron chi connectivity index (χ1n) is 9.10. The van der Waals surface area contributed by atoms with Crippen LogP contribution in [-0.4, -0.2) is 41.4 Å². The van der Waals surface area contributed by atoms with Gasteiger partial charge in [0, 0.05) is 44.6 Å². The van der Waals surface area contributed by atoms with Crippen LogP contribution in [0.4, 0.5) is 5.82 Å². The number of aromatic nitrogens is 3. The maximum atomic E-state index is 5.33. The molecule has 2 aromatic rings. The zero-order chi connectivity index (χ0) is 17.3. The van der Waals surface area contributed by atoms with Crippen molar-refractivity contribution in [2.45, 2.75) is 46.5 Å². The van der Waals surface area contributed by atoms with E-state index in [-0.39, 0.29) is 0 Å². The zero-order valence-corrected chi connectivity index (χ0v) is 15.6. The molecule has 0 N–H and O–H groups in total. The average Bonchev–Trinajstić information content (AvgIpc) is 2.94. The van der Waals surface area contributed by atoms with Crippen LogP contribution < -0.4 is 4.90 Å². The molecule has 24 heavy (non-hydrogen) atoms. The molecule has 1 aliphatic heterocycles. The number of anilines is 1. The first-order valence-corrected chi connectivity index (χ1v) is 9.10. The van der Waals surface area contributed by atoms with E-state index in [9.17, 15) is 0 Å². The van der Waals surface area contributed by atoms with Crippen LogP contribution in [0.1, 0.15) is 50.9 Å². The van der Waals surface area contributed by atoms with Gasteiger partial charge in [0.2, 0.25) is 0 Å². The Bertz CT molecular complexity index is 686. The molecule has 1 fully saturated rings. The minimum Gasteiger partial charge on any atom is -0.384 e. The summed E-state index contributed by atoms with van der Waals surface area (Å²) in [4.78, 5) is 7.25. The Morgan fingerprint density at radius 2 is 1.92 bits per heavy atom. The Labute approximate surface area is 145 Å². The van der Waals surface area contributed by atoms with Gasteiger partial charge < -0.3 is 9.64 Å². The van der Waals surface area contributed by atoms with Crippen molar-refractivity contribution in [1.82, 2.24) is 14.6 Å². The quantitative estimate of drug-likeness (QED) is 0.839. The maximum Gasteiger partial charge on any atom is 0.157 e. The van der Waals surface area contributed by atoms with Crippen LogP contribution in [0.15, 0.2) is 12.1 Å². The summed E-state index contributed by atoms with van der Waals surface area (Å²) in [6.45, 7) is 11.8. The third-order valence-corrected chi connectivity index (χ3v) is 5.24. The lowest BCUT2D eigenvalue weighted by atomic mass is 9.86. The topological polar surface area (TPSA) is 42.7 Å². The summed E-state index contributed by atoms with van der Waals surface area (Å²) >= 11 is 0. The van der Waals surface area contributed by atoms with Crippen molar-refractivity contribution in [3.63, 3.8) is 0 Å². The molecule has 1 aliphatic rings. The molecule has 3 rings (SSSR count). The molecule has 0 amide bonds. The highest BCUT2D eigenvalue weighted by molar-refractivity contribution is 5.52. The predicted molar refractivity (Wildman–Crippen MR) is 97.8 cm³/mol. The van der Waals surface area contributed by atoms with Crippen LogP contribution in [0.5, 0.6) is 0 Å². The molecule has 0 radical (unpaired) electrons. The van der Waals surface area contributed by atoms with Gasteiger partial charge in [-0.25, -0.2) is 4.98 Å². The van der Waals surface area contributed by atoms with Gasteiger partial charge in [0.1, 0.15) is 5.82 Å². The van der Waals surface area contributed by atoms with E-state index in [1.807, 2.05) is 11.4 Å². The van der Waals surface area contributed by atoms with E-state index in [0.717, 1.165) is 42.6 Å². The van der Waals surface area contributed by atoms with Crippen molar-refractivity contribution < 1.29 is 4.74 Å². The van der Waals surface area contributed by atoms with E-state index in [0.29, 0.717) is 11.8 Å². The number of piperidine rings is 1. The van der Waals surface area contributed by atoms with E-state index >= 15 is 0 Å². The Hall–Kier alpha value is -1.62. The largest absolute Gasteiger partial charge is 0.384 e. The summed E-state index contributed by atoms with van der Waals surface area (Å²) in [5.41, 5.74) is 3.13. The molecule has 0 unspecified atom stereocenters. The summed E-state index contributed by atoms with van der Waals surface area (Å²) in [6, 6.07) is 4.30. The number of hydrogen-bond donors (Lipinski definition) is 0. The van der Waals surface area contributed by atoms with Crippen molar-refractivity contribution in [1.29, 1.82) is 0 Å². The fourth-order valence-corrected chi connectivity index (χ4v) is 3.71. The van der Waals surface area contributed by atoms with Crippen LogP contribution >= 0.6 is 0 Å². The monoisotopic (exact) mass is 330 g/mol. The van der Waals surface area contributed by atoms with Gasteiger partial charge in [0.25, 0.3) is 0 Å². The van der Waals surface area contributed by atoms with Gasteiger partial charge in [-0.05, 0) is 37.5 Å². The van der Waals surface area contributed by atoms with Crippen LogP contribution in [0.3, 0.4) is 0 Å². The number of hydrogen-bond acceptors (Lipinski definition) is 4. The molecule has 0 bridgehead atoms. The van der Waals surface area contributed by atoms with Crippen LogP contribution in [0.2, 0.25) is 0 Å². The van der Waals surface area contributed by atoms with Gasteiger partial charge in [-0.2, -0.15) is 9.61 Å². The summed E-state index contributed by atoms with van der Waals surface area (Å²) < 4.78 is 7.35. The number of aryl methyl sites for hydroxylation is 1. The molecule has 132 valence electrons. The van der Waals surface area contributed by atoms with Crippen LogP contribution in [0.25, 0.3) is 5.65 Å². The predicted octanol–water partition coefficient (Wildman–Crippen LogP) is 3.66. The summed E-state index contributed by atoms with van der Waals surface area (Å²) in [7, 11) is 1.80. The molecule has 1 atom stereocenters. The molecule has 2 aromatic heterocycles. The van der Waals surface area contributed by atoms with Gasteiger partial charge >= 0.3 is 0 Å². The third kappa shape index (κ3) is 3.41. The number of fused-ring (bicyclic) bond motifs is 1. The van der Waals surface area contributed by atoms with Crippen molar-refractivity contribution >= 4 is 11.5 Å². The summed E-state index contributed by atoms with van der Waals surface area (Å²) in [5, 5.41) is 4.66. The van der Waals surface area contributed by atoms with E-state index in [2.05, 4.69) is 42.9 Å². The van der Waals surface area contributed by atoms with Gasteiger partial charge in [0.15, 0.2) is 5.65 Å². The molecule has 3 heterocycles. The second-order valence-corrected chi connectivity index (χ2v) is 7.51. The SMILES string of the molecule is COC[C@@H](C)C1CCN(c2cc(C(C)C)nc3cc(C)nn23)CC1. The molecule has 0 aliphatic carbocycles. The number of nitrogens with zero attached hydrogens (tertiary/aromatic N) is 4. The molecule has 5 heteroatoms. The minimum absolute atomic E-state index is 0.420. The Kier molecular flexibility index (Phi) is 5.09. The lowest BCUT2D eigenvalue weighted by Crippen LogP contribution is -2.37. The van der Waals surface area contributed by atoms with Gasteiger partial charge in [-0.15, -0.1) is 0 Å². The van der Waals surface area contributed by atoms with E-state index in [1.54, 1.807) is 7.11 Å². The van der Waals surface area contributed by atoms with Crippen molar-refractivity contribution in [3.8, 4) is 0 Å². The van der Waals surface area contributed by atoms with Gasteiger partial charge in [-0.3, -0.25) is 0 Å². The fourth-order valence-electron chi connectivity index (χ4n) is 3.71. The fraction of sp³-hybridized carbons (Fsp3) is 0.684. The van der Waals surface area contributed by atoms with E-state index in [4.69, 9.17) is 9.72 Å². The average molecular weight is 330 g/mol. The molecule has 5 nitrogen and oxygen atoms in total. The first kappa shape index (κ1) is 17.2. The van der Waals surface area contributed by atoms with Crippen molar-refractivity contribution in [2.75, 3.05) is 31.7 Å². The molecule has 0 aromatic carbocycles. The zero-order valence-electron chi connectivity index (χ0n) is 15.6.